The van der Waals surface area contributed by atoms with E-state index >= 15 is 0 Å². The molecule has 1 unspecified atom stereocenters. The number of nitrogens with one attached hydrogen (secondary N) is 1. The second kappa shape index (κ2) is 3.86. The summed E-state index contributed by atoms with van der Waals surface area (Å²) in [6.07, 6.45) is 7.57. The molecule has 0 amide bonds. The van der Waals surface area contributed by atoms with Crippen LogP contribution in [0.4, 0.5) is 0 Å². The maximum atomic E-state index is 5.34. The Morgan fingerprint density at radius 2 is 1.93 bits per heavy atom. The third-order valence-electron chi connectivity index (χ3n) is 2.79. The van der Waals surface area contributed by atoms with E-state index < -0.39 is 0 Å². The minimum absolute atomic E-state index is 0.175. The minimum Gasteiger partial charge on any atom is -0.300 e. The first-order valence-electron chi connectivity index (χ1n) is 5.08. The molecule has 0 fully saturated rings. The number of benzene rings is 1. The SMILES string of the molecule is C#CC(C)NC1Cc2ccccc2C1. The van der Waals surface area contributed by atoms with Gasteiger partial charge in [0.05, 0.1) is 6.04 Å². The van der Waals surface area contributed by atoms with E-state index in [-0.39, 0.29) is 6.04 Å². The van der Waals surface area contributed by atoms with Crippen molar-refractivity contribution >= 4 is 0 Å². The van der Waals surface area contributed by atoms with Crippen molar-refractivity contribution in [3.05, 3.63) is 35.4 Å². The van der Waals surface area contributed by atoms with Gasteiger partial charge in [0.15, 0.2) is 0 Å². The second-order valence-corrected chi connectivity index (χ2v) is 3.93. The van der Waals surface area contributed by atoms with Crippen LogP contribution >= 0.6 is 0 Å². The first-order valence-corrected chi connectivity index (χ1v) is 5.08. The lowest BCUT2D eigenvalue weighted by Gasteiger charge is -2.14. The van der Waals surface area contributed by atoms with Crippen LogP contribution in [0.2, 0.25) is 0 Å². The number of fused-ring (bicyclic) bond motifs is 1. The highest BCUT2D eigenvalue weighted by molar-refractivity contribution is 5.33. The summed E-state index contributed by atoms with van der Waals surface area (Å²) in [4.78, 5) is 0. The smallest absolute Gasteiger partial charge is 0.0660 e. The fourth-order valence-electron chi connectivity index (χ4n) is 2.08. The van der Waals surface area contributed by atoms with Crippen molar-refractivity contribution in [3.63, 3.8) is 0 Å². The molecule has 1 aromatic carbocycles. The fraction of sp³-hybridized carbons (Fsp3) is 0.385. The van der Waals surface area contributed by atoms with E-state index in [2.05, 4.69) is 35.5 Å². The van der Waals surface area contributed by atoms with Crippen molar-refractivity contribution in [2.75, 3.05) is 0 Å². The van der Waals surface area contributed by atoms with Crippen LogP contribution in [0.15, 0.2) is 24.3 Å². The van der Waals surface area contributed by atoms with Gasteiger partial charge in [0.25, 0.3) is 0 Å². The average molecular weight is 185 g/mol. The van der Waals surface area contributed by atoms with Crippen molar-refractivity contribution in [2.24, 2.45) is 0 Å². The standard InChI is InChI=1S/C13H15N/c1-3-10(2)14-13-8-11-6-4-5-7-12(11)9-13/h1,4-7,10,13-14H,8-9H2,2H3. The van der Waals surface area contributed by atoms with Gasteiger partial charge >= 0.3 is 0 Å². The van der Waals surface area contributed by atoms with Gasteiger partial charge in [0.1, 0.15) is 0 Å². The van der Waals surface area contributed by atoms with E-state index in [0.717, 1.165) is 12.8 Å². The quantitative estimate of drug-likeness (QED) is 0.692. The summed E-state index contributed by atoms with van der Waals surface area (Å²) >= 11 is 0. The molecule has 1 N–H and O–H groups in total. The Morgan fingerprint density at radius 1 is 1.36 bits per heavy atom. The fourth-order valence-corrected chi connectivity index (χ4v) is 2.08. The van der Waals surface area contributed by atoms with Crippen LogP contribution in [-0.4, -0.2) is 12.1 Å². The first kappa shape index (κ1) is 9.30. The molecule has 1 heteroatoms. The molecule has 0 spiro atoms. The Labute approximate surface area is 85.5 Å². The largest absolute Gasteiger partial charge is 0.300 e. The molecule has 0 heterocycles. The summed E-state index contributed by atoms with van der Waals surface area (Å²) in [5.74, 6) is 2.71. The highest BCUT2D eigenvalue weighted by Gasteiger charge is 2.21. The highest BCUT2D eigenvalue weighted by atomic mass is 14.9. The van der Waals surface area contributed by atoms with Crippen molar-refractivity contribution in [2.45, 2.75) is 31.8 Å². The van der Waals surface area contributed by atoms with Gasteiger partial charge in [-0.2, -0.15) is 0 Å². The van der Waals surface area contributed by atoms with Crippen LogP contribution in [0.1, 0.15) is 18.1 Å². The Hall–Kier alpha value is -1.26. The maximum absolute atomic E-state index is 5.34. The molecule has 0 bridgehead atoms. The molecule has 1 nitrogen and oxygen atoms in total. The molecule has 0 saturated heterocycles. The molecule has 0 saturated carbocycles. The third kappa shape index (κ3) is 1.81. The molecular formula is C13H15N. The summed E-state index contributed by atoms with van der Waals surface area (Å²) in [7, 11) is 0. The summed E-state index contributed by atoms with van der Waals surface area (Å²) in [6, 6.07) is 9.32. The third-order valence-corrected chi connectivity index (χ3v) is 2.79. The van der Waals surface area contributed by atoms with Crippen LogP contribution in [0.5, 0.6) is 0 Å². The van der Waals surface area contributed by atoms with Gasteiger partial charge in [-0.05, 0) is 30.9 Å². The van der Waals surface area contributed by atoms with Crippen LogP contribution in [0.3, 0.4) is 0 Å². The van der Waals surface area contributed by atoms with Crippen LogP contribution in [0.25, 0.3) is 0 Å². The van der Waals surface area contributed by atoms with E-state index in [0.29, 0.717) is 6.04 Å². The molecule has 0 aromatic heterocycles. The molecular weight excluding hydrogens is 170 g/mol. The average Bonchev–Trinajstić information content (AvgIpc) is 2.59. The highest BCUT2D eigenvalue weighted by Crippen LogP contribution is 2.21. The second-order valence-electron chi connectivity index (χ2n) is 3.93. The van der Waals surface area contributed by atoms with E-state index in [1.807, 2.05) is 6.92 Å². The Bertz CT molecular complexity index is 337. The zero-order valence-electron chi connectivity index (χ0n) is 8.46. The van der Waals surface area contributed by atoms with Crippen LogP contribution in [0, 0.1) is 12.3 Å². The van der Waals surface area contributed by atoms with Crippen molar-refractivity contribution in [1.29, 1.82) is 0 Å². The van der Waals surface area contributed by atoms with Gasteiger partial charge in [-0.25, -0.2) is 0 Å². The topological polar surface area (TPSA) is 12.0 Å². The van der Waals surface area contributed by atoms with Crippen molar-refractivity contribution in [3.8, 4) is 12.3 Å². The van der Waals surface area contributed by atoms with Gasteiger partial charge in [0, 0.05) is 6.04 Å². The van der Waals surface area contributed by atoms with E-state index in [1.54, 1.807) is 0 Å². The molecule has 1 aliphatic carbocycles. The number of rotatable bonds is 2. The zero-order chi connectivity index (χ0) is 9.97. The predicted octanol–water partition coefficient (Wildman–Crippen LogP) is 1.77. The molecule has 1 aliphatic rings. The minimum atomic E-state index is 0.175. The molecule has 1 atom stereocenters. The number of terminal acetylenes is 1. The lowest BCUT2D eigenvalue weighted by Crippen LogP contribution is -2.36. The summed E-state index contributed by atoms with van der Waals surface area (Å²) < 4.78 is 0. The molecule has 14 heavy (non-hydrogen) atoms. The predicted molar refractivity (Wildman–Crippen MR) is 59.1 cm³/mol. The number of hydrogen-bond donors (Lipinski definition) is 1. The Kier molecular flexibility index (Phi) is 2.56. The summed E-state index contributed by atoms with van der Waals surface area (Å²) in [5.41, 5.74) is 2.93. The summed E-state index contributed by atoms with van der Waals surface area (Å²) in [6.45, 7) is 2.03. The van der Waals surface area contributed by atoms with E-state index in [9.17, 15) is 0 Å². The van der Waals surface area contributed by atoms with Gasteiger partial charge in [-0.1, -0.05) is 30.2 Å². The molecule has 1 aromatic rings. The van der Waals surface area contributed by atoms with Crippen LogP contribution < -0.4 is 5.32 Å². The lowest BCUT2D eigenvalue weighted by atomic mass is 10.1. The maximum Gasteiger partial charge on any atom is 0.0660 e. The Morgan fingerprint density at radius 3 is 2.43 bits per heavy atom. The zero-order valence-corrected chi connectivity index (χ0v) is 8.46. The molecule has 72 valence electrons. The van der Waals surface area contributed by atoms with Crippen LogP contribution in [-0.2, 0) is 12.8 Å². The first-order chi connectivity index (χ1) is 6.79. The van der Waals surface area contributed by atoms with Gasteiger partial charge in [-0.3, -0.25) is 0 Å². The van der Waals surface area contributed by atoms with Crippen molar-refractivity contribution in [1.82, 2.24) is 5.32 Å². The lowest BCUT2D eigenvalue weighted by molar-refractivity contribution is 0.510. The number of hydrogen-bond acceptors (Lipinski definition) is 1. The summed E-state index contributed by atoms with van der Waals surface area (Å²) in [5, 5.41) is 3.44. The molecule has 0 aliphatic heterocycles. The normalized spacial score (nSPS) is 17.4. The van der Waals surface area contributed by atoms with Gasteiger partial charge < -0.3 is 5.32 Å². The van der Waals surface area contributed by atoms with Gasteiger partial charge in [-0.15, -0.1) is 6.42 Å². The Balaban J connectivity index is 2.02. The monoisotopic (exact) mass is 185 g/mol. The van der Waals surface area contributed by atoms with Gasteiger partial charge in [0.2, 0.25) is 0 Å². The van der Waals surface area contributed by atoms with E-state index in [4.69, 9.17) is 6.42 Å². The molecule has 2 rings (SSSR count). The van der Waals surface area contributed by atoms with E-state index in [1.165, 1.54) is 11.1 Å². The van der Waals surface area contributed by atoms with Crippen molar-refractivity contribution < 1.29 is 0 Å². The molecule has 0 radical (unpaired) electrons.